The predicted molar refractivity (Wildman–Crippen MR) is 70.1 cm³/mol. The van der Waals surface area contributed by atoms with Crippen molar-refractivity contribution in [1.29, 1.82) is 0 Å². The number of hydrogen-bond donors (Lipinski definition) is 1. The van der Waals surface area contributed by atoms with E-state index in [1.54, 1.807) is 7.11 Å². The molecule has 5 nitrogen and oxygen atoms in total. The fourth-order valence-corrected chi connectivity index (χ4v) is 1.77. The minimum atomic E-state index is -0.00794. The third-order valence-corrected chi connectivity index (χ3v) is 2.74. The minimum absolute atomic E-state index is 0.00794. The van der Waals surface area contributed by atoms with Crippen molar-refractivity contribution in [1.82, 2.24) is 9.97 Å². The number of nitrogens with zero attached hydrogens (tertiary/aromatic N) is 2. The Balaban J connectivity index is 2.11. The first-order chi connectivity index (χ1) is 8.72. The summed E-state index contributed by atoms with van der Waals surface area (Å²) in [6.45, 7) is 5.41. The summed E-state index contributed by atoms with van der Waals surface area (Å²) in [5.41, 5.74) is 0. The van der Waals surface area contributed by atoms with E-state index < -0.39 is 0 Å². The van der Waals surface area contributed by atoms with Crippen LogP contribution < -0.4 is 10.1 Å². The van der Waals surface area contributed by atoms with Crippen LogP contribution in [0.1, 0.15) is 38.4 Å². The molecule has 1 aromatic heterocycles. The first kappa shape index (κ1) is 13.1. The molecule has 0 radical (unpaired) electrons. The molecular weight excluding hydrogens is 230 g/mol. The van der Waals surface area contributed by atoms with E-state index in [1.165, 1.54) is 12.8 Å². The van der Waals surface area contributed by atoms with Gasteiger partial charge >= 0.3 is 0 Å². The number of methoxy groups -OCH3 is 1. The van der Waals surface area contributed by atoms with E-state index in [9.17, 15) is 0 Å². The van der Waals surface area contributed by atoms with Gasteiger partial charge in [-0.15, -0.1) is 0 Å². The smallest absolute Gasteiger partial charge is 0.219 e. The van der Waals surface area contributed by atoms with Crippen LogP contribution in [-0.2, 0) is 4.74 Å². The van der Waals surface area contributed by atoms with Crippen molar-refractivity contribution in [3.8, 4) is 5.88 Å². The lowest BCUT2D eigenvalue weighted by atomic mass is 10.3. The van der Waals surface area contributed by atoms with Crippen molar-refractivity contribution in [2.75, 3.05) is 25.6 Å². The lowest BCUT2D eigenvalue weighted by Crippen LogP contribution is -2.19. The lowest BCUT2D eigenvalue weighted by molar-refractivity contribution is 0.0887. The SMILES string of the molecule is CCNc1cc(OC(C)COC)nc(C2CC2)n1. The van der Waals surface area contributed by atoms with Crippen LogP contribution in [-0.4, -0.2) is 36.3 Å². The molecule has 1 saturated carbocycles. The molecule has 2 rings (SSSR count). The van der Waals surface area contributed by atoms with Crippen LogP contribution in [0, 0.1) is 0 Å². The molecule has 0 amide bonds. The zero-order valence-corrected chi connectivity index (χ0v) is 11.3. The van der Waals surface area contributed by atoms with Crippen LogP contribution in [0.3, 0.4) is 0 Å². The average molecular weight is 251 g/mol. The third kappa shape index (κ3) is 3.57. The fourth-order valence-electron chi connectivity index (χ4n) is 1.77. The molecule has 100 valence electrons. The molecule has 1 fully saturated rings. The van der Waals surface area contributed by atoms with E-state index in [-0.39, 0.29) is 6.10 Å². The molecule has 1 aliphatic rings. The molecule has 1 atom stereocenters. The summed E-state index contributed by atoms with van der Waals surface area (Å²) in [5.74, 6) is 2.89. The van der Waals surface area contributed by atoms with Crippen LogP contribution >= 0.6 is 0 Å². The first-order valence-electron chi connectivity index (χ1n) is 6.51. The van der Waals surface area contributed by atoms with Gasteiger partial charge in [-0.3, -0.25) is 0 Å². The van der Waals surface area contributed by atoms with Crippen molar-refractivity contribution < 1.29 is 9.47 Å². The quantitative estimate of drug-likeness (QED) is 0.805. The van der Waals surface area contributed by atoms with E-state index in [4.69, 9.17) is 9.47 Å². The Morgan fingerprint density at radius 3 is 2.83 bits per heavy atom. The summed E-state index contributed by atoms with van der Waals surface area (Å²) in [7, 11) is 1.67. The second kappa shape index (κ2) is 6.00. The molecule has 1 aliphatic carbocycles. The molecule has 0 aromatic carbocycles. The molecule has 0 spiro atoms. The highest BCUT2D eigenvalue weighted by molar-refractivity contribution is 5.39. The summed E-state index contributed by atoms with van der Waals surface area (Å²) < 4.78 is 10.8. The highest BCUT2D eigenvalue weighted by Gasteiger charge is 2.27. The first-order valence-corrected chi connectivity index (χ1v) is 6.51. The fraction of sp³-hybridized carbons (Fsp3) is 0.692. The van der Waals surface area contributed by atoms with E-state index >= 15 is 0 Å². The zero-order valence-electron chi connectivity index (χ0n) is 11.3. The van der Waals surface area contributed by atoms with Crippen molar-refractivity contribution >= 4 is 5.82 Å². The molecular formula is C13H21N3O2. The molecule has 0 saturated heterocycles. The third-order valence-electron chi connectivity index (χ3n) is 2.74. The van der Waals surface area contributed by atoms with Gasteiger partial charge < -0.3 is 14.8 Å². The molecule has 0 aliphatic heterocycles. The highest BCUT2D eigenvalue weighted by atomic mass is 16.5. The zero-order chi connectivity index (χ0) is 13.0. The summed E-state index contributed by atoms with van der Waals surface area (Å²) >= 11 is 0. The second-order valence-electron chi connectivity index (χ2n) is 4.64. The van der Waals surface area contributed by atoms with Crippen LogP contribution in [0.5, 0.6) is 5.88 Å². The molecule has 5 heteroatoms. The van der Waals surface area contributed by atoms with Crippen LogP contribution in [0.15, 0.2) is 6.07 Å². The van der Waals surface area contributed by atoms with Gasteiger partial charge in [0.05, 0.1) is 6.61 Å². The second-order valence-corrected chi connectivity index (χ2v) is 4.64. The normalized spacial score (nSPS) is 16.4. The largest absolute Gasteiger partial charge is 0.472 e. The standard InChI is InChI=1S/C13H21N3O2/c1-4-14-11-7-12(18-9(2)8-17-3)16-13(15-11)10-5-6-10/h7,9-10H,4-6,8H2,1-3H3,(H,14,15,16). The Bertz CT molecular complexity index is 394. The maximum Gasteiger partial charge on any atom is 0.219 e. The van der Waals surface area contributed by atoms with Gasteiger partial charge in [-0.05, 0) is 26.7 Å². The summed E-state index contributed by atoms with van der Waals surface area (Å²) in [5, 5.41) is 3.21. The van der Waals surface area contributed by atoms with Gasteiger partial charge in [0.1, 0.15) is 17.7 Å². The monoisotopic (exact) mass is 251 g/mol. The number of anilines is 1. The Labute approximate surface area is 108 Å². The predicted octanol–water partition coefficient (Wildman–Crippen LogP) is 2.20. The van der Waals surface area contributed by atoms with Crippen LogP contribution in [0.2, 0.25) is 0 Å². The Morgan fingerprint density at radius 1 is 1.44 bits per heavy atom. The van der Waals surface area contributed by atoms with Gasteiger partial charge in [0, 0.05) is 25.6 Å². The Hall–Kier alpha value is -1.36. The van der Waals surface area contributed by atoms with E-state index in [2.05, 4.69) is 15.3 Å². The van der Waals surface area contributed by atoms with Gasteiger partial charge in [-0.25, -0.2) is 4.98 Å². The van der Waals surface area contributed by atoms with Crippen molar-refractivity contribution in [2.45, 2.75) is 38.7 Å². The molecule has 0 bridgehead atoms. The van der Waals surface area contributed by atoms with Gasteiger partial charge in [-0.2, -0.15) is 4.98 Å². The van der Waals surface area contributed by atoms with Gasteiger partial charge in [-0.1, -0.05) is 0 Å². The van der Waals surface area contributed by atoms with Crippen molar-refractivity contribution in [2.24, 2.45) is 0 Å². The molecule has 1 aromatic rings. The minimum Gasteiger partial charge on any atom is -0.472 e. The average Bonchev–Trinajstić information content (AvgIpc) is 3.13. The number of rotatable bonds is 7. The topological polar surface area (TPSA) is 56.3 Å². The van der Waals surface area contributed by atoms with Gasteiger partial charge in [0.25, 0.3) is 0 Å². The summed E-state index contributed by atoms with van der Waals surface area (Å²) in [6, 6.07) is 1.85. The molecule has 1 N–H and O–H groups in total. The van der Waals surface area contributed by atoms with E-state index in [1.807, 2.05) is 19.9 Å². The number of hydrogen-bond acceptors (Lipinski definition) is 5. The summed E-state index contributed by atoms with van der Waals surface area (Å²) in [6.07, 6.45) is 2.36. The highest BCUT2D eigenvalue weighted by Crippen LogP contribution is 2.39. The van der Waals surface area contributed by atoms with E-state index in [0.29, 0.717) is 18.4 Å². The van der Waals surface area contributed by atoms with E-state index in [0.717, 1.165) is 18.2 Å². The van der Waals surface area contributed by atoms with Crippen LogP contribution in [0.25, 0.3) is 0 Å². The molecule has 1 heterocycles. The van der Waals surface area contributed by atoms with Crippen LogP contribution in [0.4, 0.5) is 5.82 Å². The van der Waals surface area contributed by atoms with Crippen molar-refractivity contribution in [3.05, 3.63) is 11.9 Å². The molecule has 1 unspecified atom stereocenters. The summed E-state index contributed by atoms with van der Waals surface area (Å²) in [4.78, 5) is 8.98. The van der Waals surface area contributed by atoms with Crippen molar-refractivity contribution in [3.63, 3.8) is 0 Å². The van der Waals surface area contributed by atoms with Gasteiger partial charge in [0.15, 0.2) is 0 Å². The Morgan fingerprint density at radius 2 is 2.22 bits per heavy atom. The number of aromatic nitrogens is 2. The molecule has 18 heavy (non-hydrogen) atoms. The maximum atomic E-state index is 5.74. The van der Waals surface area contributed by atoms with Gasteiger partial charge in [0.2, 0.25) is 5.88 Å². The Kier molecular flexibility index (Phi) is 4.36. The number of nitrogens with one attached hydrogen (secondary N) is 1. The lowest BCUT2D eigenvalue weighted by Gasteiger charge is -2.14. The maximum absolute atomic E-state index is 5.74. The number of ether oxygens (including phenoxy) is 2.